The van der Waals surface area contributed by atoms with Crippen molar-refractivity contribution in [2.24, 2.45) is 5.92 Å². The van der Waals surface area contributed by atoms with E-state index in [-0.39, 0.29) is 17.7 Å². The highest BCUT2D eigenvalue weighted by molar-refractivity contribution is 6.00. The number of aromatic nitrogens is 1. The Balaban J connectivity index is 1.62. The Morgan fingerprint density at radius 1 is 1.32 bits per heavy atom. The molecule has 2 fully saturated rings. The molecule has 2 amide bonds. The molecule has 6 nitrogen and oxygen atoms in total. The lowest BCUT2D eigenvalue weighted by Crippen LogP contribution is -2.50. The van der Waals surface area contributed by atoms with Crippen molar-refractivity contribution in [1.29, 1.82) is 0 Å². The summed E-state index contributed by atoms with van der Waals surface area (Å²) in [4.78, 5) is 34.8. The zero-order valence-electron chi connectivity index (χ0n) is 12.9. The van der Waals surface area contributed by atoms with Crippen molar-refractivity contribution < 1.29 is 9.59 Å². The van der Waals surface area contributed by atoms with E-state index in [4.69, 9.17) is 0 Å². The molecule has 3 rings (SSSR count). The number of hydrogen-bond acceptors (Lipinski definition) is 4. The Kier molecular flexibility index (Phi) is 4.38. The Labute approximate surface area is 130 Å². The van der Waals surface area contributed by atoms with Crippen LogP contribution < -0.4 is 4.90 Å². The SMILES string of the molecule is CCN1CCN(C(=O)C2CC(=O)N(c3cccnc3)C2)CC1. The van der Waals surface area contributed by atoms with Crippen molar-refractivity contribution in [3.05, 3.63) is 24.5 Å². The third-order valence-corrected chi connectivity index (χ3v) is 4.56. The Morgan fingerprint density at radius 3 is 2.73 bits per heavy atom. The molecule has 0 bridgehead atoms. The fourth-order valence-corrected chi connectivity index (χ4v) is 3.18. The molecule has 118 valence electrons. The summed E-state index contributed by atoms with van der Waals surface area (Å²) in [5, 5.41) is 0. The van der Waals surface area contributed by atoms with E-state index in [1.54, 1.807) is 17.3 Å². The van der Waals surface area contributed by atoms with E-state index < -0.39 is 0 Å². The van der Waals surface area contributed by atoms with Gasteiger partial charge in [0.1, 0.15) is 0 Å². The average Bonchev–Trinajstić information content (AvgIpc) is 2.97. The van der Waals surface area contributed by atoms with Crippen LogP contribution in [0.2, 0.25) is 0 Å². The highest BCUT2D eigenvalue weighted by Gasteiger charge is 2.37. The molecule has 0 spiro atoms. The molecule has 6 heteroatoms. The molecule has 0 aromatic carbocycles. The van der Waals surface area contributed by atoms with E-state index in [1.165, 1.54) is 0 Å². The number of piperazine rings is 1. The maximum absolute atomic E-state index is 12.6. The third kappa shape index (κ3) is 2.97. The second kappa shape index (κ2) is 6.44. The summed E-state index contributed by atoms with van der Waals surface area (Å²) in [5.74, 6) is -0.0880. The topological polar surface area (TPSA) is 56.8 Å². The first-order valence-electron chi connectivity index (χ1n) is 7.90. The number of rotatable bonds is 3. The first kappa shape index (κ1) is 15.0. The van der Waals surface area contributed by atoms with Crippen LogP contribution in [-0.2, 0) is 9.59 Å². The van der Waals surface area contributed by atoms with Gasteiger partial charge in [-0.3, -0.25) is 14.6 Å². The van der Waals surface area contributed by atoms with Crippen molar-refractivity contribution >= 4 is 17.5 Å². The van der Waals surface area contributed by atoms with Crippen LogP contribution in [0.5, 0.6) is 0 Å². The molecular weight excluding hydrogens is 280 g/mol. The van der Waals surface area contributed by atoms with Crippen LogP contribution in [-0.4, -0.2) is 65.9 Å². The fraction of sp³-hybridized carbons (Fsp3) is 0.562. The van der Waals surface area contributed by atoms with Gasteiger partial charge < -0.3 is 14.7 Å². The highest BCUT2D eigenvalue weighted by atomic mass is 16.2. The number of nitrogens with zero attached hydrogens (tertiary/aromatic N) is 4. The van der Waals surface area contributed by atoms with Gasteiger partial charge in [0.05, 0.1) is 17.8 Å². The summed E-state index contributed by atoms with van der Waals surface area (Å²) in [6.07, 6.45) is 3.66. The number of carbonyl (C=O) groups is 2. The van der Waals surface area contributed by atoms with Gasteiger partial charge in [-0.05, 0) is 18.7 Å². The molecule has 0 aliphatic carbocycles. The van der Waals surface area contributed by atoms with Crippen molar-refractivity contribution in [2.45, 2.75) is 13.3 Å². The van der Waals surface area contributed by atoms with Crippen LogP contribution in [0.15, 0.2) is 24.5 Å². The normalized spacial score (nSPS) is 23.1. The minimum absolute atomic E-state index is 0.0125. The lowest BCUT2D eigenvalue weighted by atomic mass is 10.1. The van der Waals surface area contributed by atoms with Gasteiger partial charge in [0.25, 0.3) is 0 Å². The third-order valence-electron chi connectivity index (χ3n) is 4.56. The molecule has 22 heavy (non-hydrogen) atoms. The van der Waals surface area contributed by atoms with Crippen LogP contribution in [0.3, 0.4) is 0 Å². The minimum atomic E-state index is -0.221. The quantitative estimate of drug-likeness (QED) is 0.820. The van der Waals surface area contributed by atoms with Crippen LogP contribution >= 0.6 is 0 Å². The lowest BCUT2D eigenvalue weighted by Gasteiger charge is -2.35. The summed E-state index contributed by atoms with van der Waals surface area (Å²) < 4.78 is 0. The van der Waals surface area contributed by atoms with Gasteiger partial charge in [-0.1, -0.05) is 6.92 Å². The van der Waals surface area contributed by atoms with Crippen molar-refractivity contribution in [1.82, 2.24) is 14.8 Å². The summed E-state index contributed by atoms with van der Waals surface area (Å²) in [7, 11) is 0. The van der Waals surface area contributed by atoms with Gasteiger partial charge in [0.15, 0.2) is 0 Å². The van der Waals surface area contributed by atoms with E-state index in [0.717, 1.165) is 38.4 Å². The lowest BCUT2D eigenvalue weighted by molar-refractivity contribution is -0.137. The summed E-state index contributed by atoms with van der Waals surface area (Å²) in [5.41, 5.74) is 0.776. The molecule has 1 atom stereocenters. The molecule has 0 saturated carbocycles. The van der Waals surface area contributed by atoms with E-state index in [0.29, 0.717) is 13.0 Å². The van der Waals surface area contributed by atoms with Gasteiger partial charge in [-0.2, -0.15) is 0 Å². The van der Waals surface area contributed by atoms with Gasteiger partial charge in [0, 0.05) is 45.3 Å². The molecular formula is C16H22N4O2. The average molecular weight is 302 g/mol. The molecule has 2 saturated heterocycles. The maximum atomic E-state index is 12.6. The predicted molar refractivity (Wildman–Crippen MR) is 83.4 cm³/mol. The predicted octanol–water partition coefficient (Wildman–Crippen LogP) is 0.599. The second-order valence-electron chi connectivity index (χ2n) is 5.88. The van der Waals surface area contributed by atoms with Crippen molar-refractivity contribution in [3.63, 3.8) is 0 Å². The molecule has 2 aliphatic heterocycles. The number of hydrogen-bond donors (Lipinski definition) is 0. The fourth-order valence-electron chi connectivity index (χ4n) is 3.18. The standard InChI is InChI=1S/C16H22N4O2/c1-2-18-6-8-19(9-7-18)16(22)13-10-15(21)20(12-13)14-4-3-5-17-11-14/h3-5,11,13H,2,6-10,12H2,1H3. The number of amides is 2. The number of carbonyl (C=O) groups excluding carboxylic acids is 2. The van der Waals surface area contributed by atoms with E-state index in [2.05, 4.69) is 16.8 Å². The van der Waals surface area contributed by atoms with Gasteiger partial charge >= 0.3 is 0 Å². The van der Waals surface area contributed by atoms with Crippen LogP contribution in [0.4, 0.5) is 5.69 Å². The minimum Gasteiger partial charge on any atom is -0.340 e. The molecule has 0 N–H and O–H groups in total. The zero-order valence-corrected chi connectivity index (χ0v) is 12.9. The zero-order chi connectivity index (χ0) is 15.5. The Hall–Kier alpha value is -1.95. The van der Waals surface area contributed by atoms with E-state index in [1.807, 2.05) is 17.0 Å². The molecule has 1 unspecified atom stereocenters. The number of anilines is 1. The summed E-state index contributed by atoms with van der Waals surface area (Å²) >= 11 is 0. The number of likely N-dealkylation sites (N-methyl/N-ethyl adjacent to an activating group) is 1. The van der Waals surface area contributed by atoms with Gasteiger partial charge in [-0.15, -0.1) is 0 Å². The maximum Gasteiger partial charge on any atom is 0.228 e. The van der Waals surface area contributed by atoms with Crippen LogP contribution in [0.1, 0.15) is 13.3 Å². The van der Waals surface area contributed by atoms with E-state index >= 15 is 0 Å². The van der Waals surface area contributed by atoms with E-state index in [9.17, 15) is 9.59 Å². The molecule has 0 radical (unpaired) electrons. The molecule has 1 aromatic heterocycles. The Morgan fingerprint density at radius 2 is 2.09 bits per heavy atom. The van der Waals surface area contributed by atoms with Crippen molar-refractivity contribution in [2.75, 3.05) is 44.2 Å². The van der Waals surface area contributed by atoms with Gasteiger partial charge in [0.2, 0.25) is 11.8 Å². The highest BCUT2D eigenvalue weighted by Crippen LogP contribution is 2.25. The summed E-state index contributed by atoms with van der Waals surface area (Å²) in [6.45, 7) is 7.02. The Bertz CT molecular complexity index is 540. The summed E-state index contributed by atoms with van der Waals surface area (Å²) in [6, 6.07) is 3.67. The molecule has 3 heterocycles. The van der Waals surface area contributed by atoms with Crippen molar-refractivity contribution in [3.8, 4) is 0 Å². The van der Waals surface area contributed by atoms with Gasteiger partial charge in [-0.25, -0.2) is 0 Å². The first-order valence-corrected chi connectivity index (χ1v) is 7.90. The first-order chi connectivity index (χ1) is 10.7. The smallest absolute Gasteiger partial charge is 0.228 e. The molecule has 2 aliphatic rings. The van der Waals surface area contributed by atoms with Crippen LogP contribution in [0.25, 0.3) is 0 Å². The largest absolute Gasteiger partial charge is 0.340 e. The number of pyridine rings is 1. The monoisotopic (exact) mass is 302 g/mol. The second-order valence-corrected chi connectivity index (χ2v) is 5.88. The van der Waals surface area contributed by atoms with Crippen LogP contribution in [0, 0.1) is 5.92 Å². The molecule has 1 aromatic rings.